The molecule has 0 aliphatic carbocycles. The molecule has 1 aliphatic heterocycles. The topological polar surface area (TPSA) is 47.0 Å². The fraction of sp³-hybridized carbons (Fsp3) is 0.333. The molecule has 4 nitrogen and oxygen atoms in total. The zero-order chi connectivity index (χ0) is 13.2. The fourth-order valence-electron chi connectivity index (χ4n) is 2.28. The van der Waals surface area contributed by atoms with Crippen LogP contribution in [0.4, 0.5) is 5.82 Å². The van der Waals surface area contributed by atoms with Crippen molar-refractivity contribution >= 4 is 5.82 Å². The molecule has 1 aliphatic rings. The van der Waals surface area contributed by atoms with Crippen molar-refractivity contribution in [3.05, 3.63) is 47.4 Å². The second-order valence-corrected chi connectivity index (χ2v) is 4.80. The van der Waals surface area contributed by atoms with E-state index in [1.54, 1.807) is 6.20 Å². The molecule has 1 atom stereocenters. The van der Waals surface area contributed by atoms with Crippen molar-refractivity contribution in [3.63, 3.8) is 0 Å². The van der Waals surface area contributed by atoms with Crippen LogP contribution >= 0.6 is 0 Å². The van der Waals surface area contributed by atoms with Gasteiger partial charge in [-0.25, -0.2) is 4.98 Å². The number of nitrogens with zero attached hydrogens (tertiary/aromatic N) is 2. The molecular weight excluding hydrogens is 238 g/mol. The Morgan fingerprint density at radius 1 is 1.21 bits per heavy atom. The van der Waals surface area contributed by atoms with E-state index in [4.69, 9.17) is 4.74 Å². The lowest BCUT2D eigenvalue weighted by Crippen LogP contribution is -2.21. The molecule has 1 unspecified atom stereocenters. The Balaban J connectivity index is 1.86. The van der Waals surface area contributed by atoms with Crippen LogP contribution in [0.25, 0.3) is 0 Å². The highest BCUT2D eigenvalue weighted by Crippen LogP contribution is 2.33. The summed E-state index contributed by atoms with van der Waals surface area (Å²) in [6.07, 6.45) is 2.73. The number of fused-ring (bicyclic) bond motifs is 1. The van der Waals surface area contributed by atoms with Gasteiger partial charge >= 0.3 is 0 Å². The smallest absolute Gasteiger partial charge is 0.145 e. The van der Waals surface area contributed by atoms with Gasteiger partial charge in [0.05, 0.1) is 30.2 Å². The van der Waals surface area contributed by atoms with E-state index >= 15 is 0 Å². The van der Waals surface area contributed by atoms with Crippen LogP contribution in [0.15, 0.2) is 30.5 Å². The molecule has 0 radical (unpaired) electrons. The summed E-state index contributed by atoms with van der Waals surface area (Å²) in [5.41, 5.74) is 3.12. The average molecular weight is 255 g/mol. The highest BCUT2D eigenvalue weighted by molar-refractivity contribution is 5.44. The molecular formula is C15H17N3O. The van der Waals surface area contributed by atoms with Gasteiger partial charge < -0.3 is 10.1 Å². The maximum atomic E-state index is 5.66. The van der Waals surface area contributed by atoms with E-state index in [-0.39, 0.29) is 6.04 Å². The van der Waals surface area contributed by atoms with Crippen LogP contribution in [0.3, 0.4) is 0 Å². The molecule has 19 heavy (non-hydrogen) atoms. The first-order valence-corrected chi connectivity index (χ1v) is 6.52. The molecule has 2 heterocycles. The minimum atomic E-state index is 0.237. The third kappa shape index (κ3) is 2.38. The maximum absolute atomic E-state index is 5.66. The highest BCUT2D eigenvalue weighted by Gasteiger charge is 2.21. The Hall–Kier alpha value is -2.10. The Bertz CT molecular complexity index is 598. The van der Waals surface area contributed by atoms with Crippen molar-refractivity contribution in [3.8, 4) is 5.75 Å². The molecule has 4 heteroatoms. The number of anilines is 1. The molecule has 0 saturated carbocycles. The molecule has 98 valence electrons. The SMILES string of the molecule is Cc1ncc(NC2CCOc3ccccc32)nc1C. The molecule has 3 rings (SSSR count). The number of hydrogen-bond acceptors (Lipinski definition) is 4. The molecule has 0 saturated heterocycles. The summed E-state index contributed by atoms with van der Waals surface area (Å²) < 4.78 is 5.66. The Labute approximate surface area is 112 Å². The maximum Gasteiger partial charge on any atom is 0.145 e. The van der Waals surface area contributed by atoms with Crippen LogP contribution in [-0.4, -0.2) is 16.6 Å². The summed E-state index contributed by atoms with van der Waals surface area (Å²) in [7, 11) is 0. The third-order valence-electron chi connectivity index (χ3n) is 3.47. The zero-order valence-corrected chi connectivity index (χ0v) is 11.2. The second kappa shape index (κ2) is 4.88. The molecule has 0 fully saturated rings. The fourth-order valence-corrected chi connectivity index (χ4v) is 2.28. The van der Waals surface area contributed by atoms with Crippen molar-refractivity contribution in [2.75, 3.05) is 11.9 Å². The van der Waals surface area contributed by atoms with Crippen molar-refractivity contribution in [1.29, 1.82) is 0 Å². The molecule has 0 bridgehead atoms. The van der Waals surface area contributed by atoms with Gasteiger partial charge in [0.15, 0.2) is 0 Å². The van der Waals surface area contributed by atoms with Gasteiger partial charge in [0.25, 0.3) is 0 Å². The summed E-state index contributed by atoms with van der Waals surface area (Å²) in [6.45, 7) is 4.67. The van der Waals surface area contributed by atoms with Crippen molar-refractivity contribution < 1.29 is 4.74 Å². The molecule has 1 N–H and O–H groups in total. The van der Waals surface area contributed by atoms with Gasteiger partial charge in [0.2, 0.25) is 0 Å². The Morgan fingerprint density at radius 3 is 2.89 bits per heavy atom. The lowest BCUT2D eigenvalue weighted by molar-refractivity contribution is 0.274. The quantitative estimate of drug-likeness (QED) is 0.896. The van der Waals surface area contributed by atoms with Gasteiger partial charge in [-0.05, 0) is 19.9 Å². The first kappa shape index (κ1) is 12.0. The number of hydrogen-bond donors (Lipinski definition) is 1. The van der Waals surface area contributed by atoms with E-state index in [0.717, 1.165) is 36.0 Å². The number of nitrogens with one attached hydrogen (secondary N) is 1. The van der Waals surface area contributed by atoms with Crippen LogP contribution in [0.2, 0.25) is 0 Å². The van der Waals surface area contributed by atoms with E-state index in [2.05, 4.69) is 21.4 Å². The monoisotopic (exact) mass is 255 g/mol. The normalized spacial score (nSPS) is 17.5. The molecule has 0 amide bonds. The molecule has 2 aromatic rings. The predicted octanol–water partition coefficient (Wildman–Crippen LogP) is 3.03. The van der Waals surface area contributed by atoms with Crippen molar-refractivity contribution in [2.45, 2.75) is 26.3 Å². The lowest BCUT2D eigenvalue weighted by atomic mass is 10.0. The average Bonchev–Trinajstić information content (AvgIpc) is 2.43. The van der Waals surface area contributed by atoms with Gasteiger partial charge in [0.1, 0.15) is 11.6 Å². The number of para-hydroxylation sites is 1. The number of aryl methyl sites for hydroxylation is 2. The highest BCUT2D eigenvalue weighted by atomic mass is 16.5. The van der Waals surface area contributed by atoms with Crippen LogP contribution in [0.1, 0.15) is 29.4 Å². The van der Waals surface area contributed by atoms with Crippen LogP contribution in [0, 0.1) is 13.8 Å². The van der Waals surface area contributed by atoms with E-state index < -0.39 is 0 Å². The van der Waals surface area contributed by atoms with E-state index in [1.807, 2.05) is 32.0 Å². The lowest BCUT2D eigenvalue weighted by Gasteiger charge is -2.27. The Kier molecular flexibility index (Phi) is 3.07. The minimum absolute atomic E-state index is 0.237. The molecule has 0 spiro atoms. The standard InChI is InChI=1S/C15H17N3O/c1-10-11(2)17-15(9-16-10)18-13-7-8-19-14-6-4-3-5-12(13)14/h3-6,9,13H,7-8H2,1-2H3,(H,17,18). The summed E-state index contributed by atoms with van der Waals surface area (Å²) in [6, 6.07) is 8.38. The van der Waals surface area contributed by atoms with Crippen LogP contribution in [-0.2, 0) is 0 Å². The zero-order valence-electron chi connectivity index (χ0n) is 11.2. The minimum Gasteiger partial charge on any atom is -0.493 e. The van der Waals surface area contributed by atoms with E-state index in [1.165, 1.54) is 5.56 Å². The summed E-state index contributed by atoms with van der Waals surface area (Å²) >= 11 is 0. The molecule has 1 aromatic heterocycles. The molecule has 1 aromatic carbocycles. The first-order chi connectivity index (χ1) is 9.24. The van der Waals surface area contributed by atoms with Gasteiger partial charge in [-0.1, -0.05) is 18.2 Å². The van der Waals surface area contributed by atoms with Crippen LogP contribution in [0.5, 0.6) is 5.75 Å². The summed E-state index contributed by atoms with van der Waals surface area (Å²) in [5.74, 6) is 1.79. The van der Waals surface area contributed by atoms with Crippen molar-refractivity contribution in [1.82, 2.24) is 9.97 Å². The largest absolute Gasteiger partial charge is 0.493 e. The van der Waals surface area contributed by atoms with Crippen LogP contribution < -0.4 is 10.1 Å². The number of aromatic nitrogens is 2. The third-order valence-corrected chi connectivity index (χ3v) is 3.47. The van der Waals surface area contributed by atoms with Gasteiger partial charge in [-0.3, -0.25) is 4.98 Å². The summed E-state index contributed by atoms with van der Waals surface area (Å²) in [4.78, 5) is 8.87. The number of rotatable bonds is 2. The van der Waals surface area contributed by atoms with E-state index in [9.17, 15) is 0 Å². The summed E-state index contributed by atoms with van der Waals surface area (Å²) in [5, 5.41) is 3.45. The van der Waals surface area contributed by atoms with E-state index in [0.29, 0.717) is 0 Å². The van der Waals surface area contributed by atoms with Gasteiger partial charge in [0, 0.05) is 12.0 Å². The predicted molar refractivity (Wildman–Crippen MR) is 74.4 cm³/mol. The second-order valence-electron chi connectivity index (χ2n) is 4.80. The number of benzene rings is 1. The van der Waals surface area contributed by atoms with Gasteiger partial charge in [-0.15, -0.1) is 0 Å². The van der Waals surface area contributed by atoms with Gasteiger partial charge in [-0.2, -0.15) is 0 Å². The Morgan fingerprint density at radius 2 is 2.05 bits per heavy atom. The van der Waals surface area contributed by atoms with Crippen molar-refractivity contribution in [2.24, 2.45) is 0 Å². The first-order valence-electron chi connectivity index (χ1n) is 6.52. The number of ether oxygens (including phenoxy) is 1.